The van der Waals surface area contributed by atoms with Gasteiger partial charge in [-0.2, -0.15) is 38.1 Å². The molecule has 4 rings (SSSR count). The molecule has 0 spiro atoms. The van der Waals surface area contributed by atoms with Crippen molar-refractivity contribution in [3.63, 3.8) is 0 Å². The summed E-state index contributed by atoms with van der Waals surface area (Å²) in [7, 11) is 0. The highest BCUT2D eigenvalue weighted by molar-refractivity contribution is 8.00. The van der Waals surface area contributed by atoms with Crippen LogP contribution in [0.25, 0.3) is 12.2 Å². The molecule has 2 aliphatic carbocycles. The van der Waals surface area contributed by atoms with Crippen molar-refractivity contribution in [2.75, 3.05) is 0 Å². The van der Waals surface area contributed by atoms with Crippen LogP contribution < -0.4 is 0 Å². The van der Waals surface area contributed by atoms with Gasteiger partial charge in [-0.25, -0.2) is 0 Å². The van der Waals surface area contributed by atoms with Crippen molar-refractivity contribution < 1.29 is 26.3 Å². The zero-order chi connectivity index (χ0) is 29.3. The van der Waals surface area contributed by atoms with Crippen LogP contribution in [0, 0.1) is 11.8 Å². The van der Waals surface area contributed by atoms with E-state index in [1.807, 2.05) is 36.5 Å². The molecule has 2 aliphatic rings. The highest BCUT2D eigenvalue weighted by atomic mass is 32.2. The number of allylic oxidation sites excluding steroid dienone is 6. The second-order valence-electron chi connectivity index (χ2n) is 10.9. The summed E-state index contributed by atoms with van der Waals surface area (Å²) in [5.74, 6) is 1.11. The molecule has 0 unspecified atom stereocenters. The molecular formula is C34H36F6S. The Bertz CT molecular complexity index is 1090. The first kappa shape index (κ1) is 31.3. The summed E-state index contributed by atoms with van der Waals surface area (Å²) in [5, 5.41) is 1.43. The molecule has 41 heavy (non-hydrogen) atoms. The summed E-state index contributed by atoms with van der Waals surface area (Å²) in [6.07, 6.45) is 16.9. The van der Waals surface area contributed by atoms with E-state index in [1.165, 1.54) is 75.6 Å². The summed E-state index contributed by atoms with van der Waals surface area (Å²) in [6.45, 7) is 0. The standard InChI is InChI=1S/C34H36F6S/c35-33(36,37)29-17-9-25(10-18-29)5-1-3-7-27-13-21-31(22-14-27)41-32-23-15-28(16-24-32)8-4-2-6-26-11-19-30(20-12-26)34(38,39)40/h1-12,17-20,27-28,31-32H,13-16,21-24H2/b5-1+,6-2+,7-3+,8-4+. The van der Waals surface area contributed by atoms with E-state index in [4.69, 9.17) is 0 Å². The van der Waals surface area contributed by atoms with E-state index in [9.17, 15) is 26.3 Å². The predicted octanol–water partition coefficient (Wildman–Crippen LogP) is 11.4. The summed E-state index contributed by atoms with van der Waals surface area (Å²) in [5.41, 5.74) is 0.245. The second-order valence-corrected chi connectivity index (χ2v) is 12.5. The summed E-state index contributed by atoms with van der Waals surface area (Å²) < 4.78 is 76.1. The minimum Gasteiger partial charge on any atom is -0.166 e. The maximum absolute atomic E-state index is 12.7. The van der Waals surface area contributed by atoms with Crippen LogP contribution in [0.2, 0.25) is 0 Å². The van der Waals surface area contributed by atoms with Crippen molar-refractivity contribution >= 4 is 23.9 Å². The first-order valence-electron chi connectivity index (χ1n) is 14.3. The van der Waals surface area contributed by atoms with Gasteiger partial charge in [-0.15, -0.1) is 0 Å². The molecule has 2 saturated carbocycles. The van der Waals surface area contributed by atoms with E-state index in [0.717, 1.165) is 35.4 Å². The lowest BCUT2D eigenvalue weighted by atomic mass is 9.88. The van der Waals surface area contributed by atoms with Crippen molar-refractivity contribution in [3.8, 4) is 0 Å². The molecule has 2 aromatic rings. The number of benzene rings is 2. The smallest absolute Gasteiger partial charge is 0.166 e. The Hall–Kier alpha value is -2.67. The molecule has 0 amide bonds. The van der Waals surface area contributed by atoms with E-state index >= 15 is 0 Å². The average Bonchev–Trinajstić information content (AvgIpc) is 2.95. The maximum Gasteiger partial charge on any atom is 0.416 e. The Morgan fingerprint density at radius 1 is 0.488 bits per heavy atom. The van der Waals surface area contributed by atoms with Crippen LogP contribution in [0.1, 0.15) is 73.6 Å². The van der Waals surface area contributed by atoms with Crippen molar-refractivity contribution in [2.24, 2.45) is 11.8 Å². The minimum atomic E-state index is -4.31. The van der Waals surface area contributed by atoms with Crippen LogP contribution in [0.5, 0.6) is 0 Å². The molecule has 0 saturated heterocycles. The molecule has 0 bridgehead atoms. The van der Waals surface area contributed by atoms with Crippen molar-refractivity contribution in [2.45, 2.75) is 74.2 Å². The van der Waals surface area contributed by atoms with Crippen LogP contribution in [0.4, 0.5) is 26.3 Å². The Kier molecular flexibility index (Phi) is 11.0. The Morgan fingerprint density at radius 3 is 1.15 bits per heavy atom. The lowest BCUT2D eigenvalue weighted by Crippen LogP contribution is -2.21. The Labute approximate surface area is 243 Å². The lowest BCUT2D eigenvalue weighted by Gasteiger charge is -2.32. The van der Waals surface area contributed by atoms with Gasteiger partial charge >= 0.3 is 12.4 Å². The number of rotatable bonds is 8. The molecule has 0 N–H and O–H groups in total. The fraction of sp³-hybridized carbons (Fsp3) is 0.412. The second kappa shape index (κ2) is 14.5. The van der Waals surface area contributed by atoms with Crippen LogP contribution in [-0.2, 0) is 12.4 Å². The van der Waals surface area contributed by atoms with E-state index in [0.29, 0.717) is 22.3 Å². The third-order valence-corrected chi connectivity index (χ3v) is 9.58. The SMILES string of the molecule is FC(F)(F)c1ccc(/C=C/C=C/C2CCC(SC3CCC(/C=C/C=C/c4ccc(C(F)(F)F)cc4)CC3)CC2)cc1. The number of alkyl halides is 6. The predicted molar refractivity (Wildman–Crippen MR) is 158 cm³/mol. The molecule has 0 atom stereocenters. The summed E-state index contributed by atoms with van der Waals surface area (Å²) in [4.78, 5) is 0. The first-order chi connectivity index (χ1) is 19.6. The van der Waals surface area contributed by atoms with Crippen LogP contribution >= 0.6 is 11.8 Å². The van der Waals surface area contributed by atoms with Crippen LogP contribution in [-0.4, -0.2) is 10.5 Å². The molecule has 0 aliphatic heterocycles. The third kappa shape index (κ3) is 10.3. The maximum atomic E-state index is 12.7. The average molecular weight is 591 g/mol. The van der Waals surface area contributed by atoms with Crippen molar-refractivity contribution in [3.05, 3.63) is 107 Å². The van der Waals surface area contributed by atoms with Gasteiger partial charge in [0.1, 0.15) is 0 Å². The molecule has 220 valence electrons. The fourth-order valence-electron chi connectivity index (χ4n) is 5.45. The van der Waals surface area contributed by atoms with E-state index in [-0.39, 0.29) is 0 Å². The van der Waals surface area contributed by atoms with Crippen molar-refractivity contribution in [1.82, 2.24) is 0 Å². The molecule has 0 aromatic heterocycles. The number of hydrogen-bond donors (Lipinski definition) is 0. The topological polar surface area (TPSA) is 0 Å². The highest BCUT2D eigenvalue weighted by Gasteiger charge is 2.30. The molecule has 2 aromatic carbocycles. The molecule has 2 fully saturated rings. The van der Waals surface area contributed by atoms with E-state index in [2.05, 4.69) is 23.9 Å². The van der Waals surface area contributed by atoms with E-state index < -0.39 is 23.5 Å². The van der Waals surface area contributed by atoms with Crippen LogP contribution in [0.3, 0.4) is 0 Å². The Balaban J connectivity index is 1.11. The van der Waals surface area contributed by atoms with Gasteiger partial charge in [0.05, 0.1) is 11.1 Å². The zero-order valence-electron chi connectivity index (χ0n) is 22.9. The van der Waals surface area contributed by atoms with Gasteiger partial charge in [-0.3, -0.25) is 0 Å². The van der Waals surface area contributed by atoms with Gasteiger partial charge in [0.2, 0.25) is 0 Å². The van der Waals surface area contributed by atoms with Crippen molar-refractivity contribution in [1.29, 1.82) is 0 Å². The zero-order valence-corrected chi connectivity index (χ0v) is 23.7. The van der Waals surface area contributed by atoms with Crippen LogP contribution in [0.15, 0.2) is 85.0 Å². The molecule has 0 nitrogen and oxygen atoms in total. The van der Waals surface area contributed by atoms with Gasteiger partial charge in [0.25, 0.3) is 0 Å². The van der Waals surface area contributed by atoms with Gasteiger partial charge < -0.3 is 0 Å². The quantitative estimate of drug-likeness (QED) is 0.218. The molecule has 0 heterocycles. The first-order valence-corrected chi connectivity index (χ1v) is 15.2. The summed E-state index contributed by atoms with van der Waals surface area (Å²) in [6, 6.07) is 10.4. The molecular weight excluding hydrogens is 554 g/mol. The molecule has 0 radical (unpaired) electrons. The lowest BCUT2D eigenvalue weighted by molar-refractivity contribution is -0.138. The Morgan fingerprint density at radius 2 is 0.829 bits per heavy atom. The van der Waals surface area contributed by atoms with Gasteiger partial charge in [0.15, 0.2) is 0 Å². The van der Waals surface area contributed by atoms with Gasteiger partial charge in [-0.05, 0) is 98.6 Å². The summed E-state index contributed by atoms with van der Waals surface area (Å²) >= 11 is 2.17. The normalized spacial score (nSPS) is 24.7. The third-order valence-electron chi connectivity index (χ3n) is 7.86. The minimum absolute atomic E-state index is 0.556. The number of thioether (sulfide) groups is 1. The fourth-order valence-corrected chi connectivity index (χ4v) is 7.08. The van der Waals surface area contributed by atoms with Gasteiger partial charge in [-0.1, -0.05) is 72.9 Å². The van der Waals surface area contributed by atoms with E-state index in [1.54, 1.807) is 0 Å². The monoisotopic (exact) mass is 590 g/mol. The highest BCUT2D eigenvalue weighted by Crippen LogP contribution is 2.40. The van der Waals surface area contributed by atoms with Gasteiger partial charge in [0, 0.05) is 10.5 Å². The number of hydrogen-bond acceptors (Lipinski definition) is 1. The molecule has 7 heteroatoms. The largest absolute Gasteiger partial charge is 0.416 e. The number of halogens is 6.